The molecule has 0 spiro atoms. The zero-order valence-electron chi connectivity index (χ0n) is 50.7. The molecule has 0 aromatic rings. The van der Waals surface area contributed by atoms with E-state index in [-0.39, 0.29) is 31.4 Å². The average molecular weight is 1110 g/mol. The molecular formula is C59H108N4O15. The van der Waals surface area contributed by atoms with Crippen molar-refractivity contribution in [2.75, 3.05) is 34.4 Å². The summed E-state index contributed by atoms with van der Waals surface area (Å²) < 4.78 is 51.5. The molecule has 1 aliphatic carbocycles. The van der Waals surface area contributed by atoms with E-state index in [4.69, 9.17) is 47.9 Å². The van der Waals surface area contributed by atoms with Gasteiger partial charge in [0.25, 0.3) is 0 Å². The number of amides is 1. The summed E-state index contributed by atoms with van der Waals surface area (Å²) in [6, 6.07) is -0.389. The topological polar surface area (TPSA) is 235 Å². The Morgan fingerprint density at radius 3 is 2.09 bits per heavy atom. The van der Waals surface area contributed by atoms with Gasteiger partial charge in [0.05, 0.1) is 53.8 Å². The van der Waals surface area contributed by atoms with Crippen LogP contribution in [0.25, 0.3) is 0 Å². The fourth-order valence-corrected chi connectivity index (χ4v) is 12.8. The number of cyclic esters (lactones) is 1. The van der Waals surface area contributed by atoms with Crippen molar-refractivity contribution < 1.29 is 72.4 Å². The fraction of sp³-hybridized carbons (Fsp3) is 0.932. The summed E-state index contributed by atoms with van der Waals surface area (Å²) >= 11 is 0. The number of likely N-dealkylation sites (N-methyl/N-ethyl adjacent to an activating group) is 1. The van der Waals surface area contributed by atoms with Crippen LogP contribution < -0.4 is 10.9 Å². The van der Waals surface area contributed by atoms with Crippen molar-refractivity contribution in [3.8, 4) is 0 Å². The Hall–Kier alpha value is -2.72. The lowest BCUT2D eigenvalue weighted by Crippen LogP contribution is -2.62. The highest BCUT2D eigenvalue weighted by atomic mass is 16.7. The number of carbonyl (C=O) groups is 3. The highest BCUT2D eigenvalue weighted by Gasteiger charge is 2.55. The van der Waals surface area contributed by atoms with Crippen molar-refractivity contribution >= 4 is 23.7 Å². The van der Waals surface area contributed by atoms with E-state index in [0.717, 1.165) is 32.1 Å². The number of rotatable bonds is 24. The highest BCUT2D eigenvalue weighted by molar-refractivity contribution is 5.88. The second-order valence-electron chi connectivity index (χ2n) is 24.6. The normalized spacial score (nSPS) is 38.3. The molecule has 1 unspecified atom stereocenters. The smallest absolute Gasteiger partial charge is 0.422 e. The summed E-state index contributed by atoms with van der Waals surface area (Å²) in [6.07, 6.45) is 6.85. The first-order valence-corrected chi connectivity index (χ1v) is 30.0. The average Bonchev–Trinajstić information content (AvgIpc) is 3.38. The molecule has 0 radical (unpaired) electrons. The van der Waals surface area contributed by atoms with Crippen molar-refractivity contribution in [2.24, 2.45) is 34.7 Å². The van der Waals surface area contributed by atoms with Crippen LogP contribution in [0.3, 0.4) is 0 Å². The molecule has 4 aliphatic rings. The van der Waals surface area contributed by atoms with Gasteiger partial charge in [-0.15, -0.1) is 0 Å². The van der Waals surface area contributed by atoms with E-state index in [9.17, 15) is 29.7 Å². The first-order chi connectivity index (χ1) is 36.8. The van der Waals surface area contributed by atoms with E-state index >= 15 is 0 Å². The Morgan fingerprint density at radius 1 is 0.821 bits per heavy atom. The molecule has 0 bridgehead atoms. The molecule has 454 valence electrons. The van der Waals surface area contributed by atoms with Crippen molar-refractivity contribution in [1.29, 1.82) is 0 Å². The number of hydrogen-bond donors (Lipinski definition) is 5. The Bertz CT molecular complexity index is 1820. The van der Waals surface area contributed by atoms with Gasteiger partial charge in [0, 0.05) is 44.8 Å². The van der Waals surface area contributed by atoms with Gasteiger partial charge in [-0.2, -0.15) is 0 Å². The number of unbranched alkanes of at least 4 members (excludes halogenated alkanes) is 7. The van der Waals surface area contributed by atoms with Crippen LogP contribution >= 0.6 is 0 Å². The van der Waals surface area contributed by atoms with Gasteiger partial charge in [-0.25, -0.2) is 10.2 Å². The third kappa shape index (κ3) is 19.5. The minimum absolute atomic E-state index is 0.0228. The minimum Gasteiger partial charge on any atom is -0.459 e. The zero-order chi connectivity index (χ0) is 58.0. The molecule has 3 aliphatic heterocycles. The highest BCUT2D eigenvalue weighted by Crippen LogP contribution is 2.42. The summed E-state index contributed by atoms with van der Waals surface area (Å²) in [7, 11) is 5.31. The largest absolute Gasteiger partial charge is 0.459 e. The minimum atomic E-state index is -1.97. The van der Waals surface area contributed by atoms with Crippen molar-refractivity contribution in [1.82, 2.24) is 15.8 Å². The molecule has 1 saturated carbocycles. The van der Waals surface area contributed by atoms with E-state index in [2.05, 4.69) is 17.8 Å². The second kappa shape index (κ2) is 32.2. The maximum Gasteiger partial charge on any atom is 0.422 e. The maximum atomic E-state index is 14.8. The number of aliphatic hydroxyl groups excluding tert-OH is 1. The lowest BCUT2D eigenvalue weighted by molar-refractivity contribution is -0.318. The van der Waals surface area contributed by atoms with Crippen LogP contribution in [0.5, 0.6) is 0 Å². The zero-order valence-corrected chi connectivity index (χ0v) is 50.7. The van der Waals surface area contributed by atoms with Crippen LogP contribution in [-0.4, -0.2) is 163 Å². The molecule has 1 amide bonds. The first kappa shape index (κ1) is 67.8. The van der Waals surface area contributed by atoms with Crippen LogP contribution in [0.1, 0.15) is 205 Å². The van der Waals surface area contributed by atoms with Crippen LogP contribution in [0.4, 0.5) is 4.79 Å². The number of oxime groups is 1. The fourth-order valence-electron chi connectivity index (χ4n) is 12.8. The number of nitrogens with zero attached hydrogens (tertiary/aromatic N) is 2. The summed E-state index contributed by atoms with van der Waals surface area (Å²) in [4.78, 5) is 48.9. The molecule has 0 aromatic carbocycles. The molecule has 3 saturated heterocycles. The molecule has 78 heavy (non-hydrogen) atoms. The first-order valence-electron chi connectivity index (χ1n) is 30.0. The molecule has 19 heteroatoms. The van der Waals surface area contributed by atoms with Gasteiger partial charge in [0.2, 0.25) is 0 Å². The van der Waals surface area contributed by atoms with Gasteiger partial charge < -0.3 is 63.0 Å². The monoisotopic (exact) mass is 1110 g/mol. The number of aliphatic hydroxyl groups is 3. The molecule has 3 heterocycles. The Morgan fingerprint density at radius 2 is 1.47 bits per heavy atom. The van der Waals surface area contributed by atoms with Crippen LogP contribution in [0.2, 0.25) is 0 Å². The molecular weight excluding hydrogens is 1000 g/mol. The Labute approximate surface area is 468 Å². The molecule has 4 fully saturated rings. The molecule has 18 atom stereocenters. The van der Waals surface area contributed by atoms with Gasteiger partial charge in [-0.1, -0.05) is 117 Å². The number of hydrogen-bond acceptors (Lipinski definition) is 18. The molecule has 0 aromatic heterocycles. The predicted molar refractivity (Wildman–Crippen MR) is 298 cm³/mol. The number of nitrogens with one attached hydrogen (secondary N) is 2. The third-order valence-corrected chi connectivity index (χ3v) is 17.4. The third-order valence-electron chi connectivity index (χ3n) is 17.4. The van der Waals surface area contributed by atoms with Crippen molar-refractivity contribution in [2.45, 2.75) is 289 Å². The van der Waals surface area contributed by atoms with E-state index in [0.29, 0.717) is 31.2 Å². The van der Waals surface area contributed by atoms with Crippen molar-refractivity contribution in [3.05, 3.63) is 0 Å². The molecule has 5 N–H and O–H groups in total. The Balaban J connectivity index is 1.79. The number of esters is 2. The van der Waals surface area contributed by atoms with E-state index in [1.165, 1.54) is 85.2 Å². The summed E-state index contributed by atoms with van der Waals surface area (Å²) in [5, 5.41) is 42.6. The standard InChI is InChI=1S/C59H108N4O15/c1-16-18-19-20-21-22-23-27-32-60-61-56(67)77-50-45(63(13)14)34-38(4)72-55(50)78-52-40(6)49(76-47-36-58(11,70-15)53(42(8)73-47)74-43(9)64)41(7)54(66)75-46(17-2)59(12,69)51(65)39(5)48(37(3)35-57(52,10)68)62-71-33-28-31-44-29-25-24-26-30-44/h37-42,44-47,49-53,55,60,65,68-69H,16-36H2,1-15H3,(H,61,67)/b62-48+/t37-,38-,39-,40+,41-,42+,45+,46+,47+,49+,50-,51-,52-,53+,55+,57?,58-,59-/m1/s1. The van der Waals surface area contributed by atoms with Gasteiger partial charge in [-0.3, -0.25) is 15.0 Å². The quantitative estimate of drug-likeness (QED) is 0.0263. The van der Waals surface area contributed by atoms with Gasteiger partial charge >= 0.3 is 18.0 Å². The number of ether oxygens (including phenoxy) is 8. The van der Waals surface area contributed by atoms with E-state index in [1.54, 1.807) is 41.5 Å². The van der Waals surface area contributed by atoms with Crippen LogP contribution in [0.15, 0.2) is 5.16 Å². The lowest BCUT2D eigenvalue weighted by atomic mass is 9.73. The van der Waals surface area contributed by atoms with Crippen molar-refractivity contribution in [3.63, 3.8) is 0 Å². The summed E-state index contributed by atoms with van der Waals surface area (Å²) in [5.41, 5.74) is 1.25. The van der Waals surface area contributed by atoms with Gasteiger partial charge in [-0.05, 0) is 100 Å². The Kier molecular flexibility index (Phi) is 28.0. The summed E-state index contributed by atoms with van der Waals surface area (Å²) in [6.45, 7) is 21.8. The van der Waals surface area contributed by atoms with E-state index < -0.39 is 114 Å². The van der Waals surface area contributed by atoms with Gasteiger partial charge in [0.15, 0.2) is 24.8 Å². The summed E-state index contributed by atoms with van der Waals surface area (Å²) in [5.74, 6) is -4.08. The number of hydrazine groups is 1. The second-order valence-corrected chi connectivity index (χ2v) is 24.6. The molecule has 19 nitrogen and oxygen atoms in total. The molecule has 4 rings (SSSR count). The lowest BCUT2D eigenvalue weighted by Gasteiger charge is -2.49. The number of methoxy groups -OCH3 is 1. The number of carbonyl (C=O) groups excluding carboxylic acids is 3. The van der Waals surface area contributed by atoms with E-state index in [1.807, 2.05) is 39.8 Å². The maximum absolute atomic E-state index is 14.8. The van der Waals surface area contributed by atoms with Gasteiger partial charge in [0.1, 0.15) is 23.9 Å². The predicted octanol–water partition coefficient (Wildman–Crippen LogP) is 8.90. The van der Waals surface area contributed by atoms with Crippen LogP contribution in [-0.2, 0) is 52.3 Å². The van der Waals surface area contributed by atoms with Crippen LogP contribution in [0, 0.1) is 29.6 Å². The SMILES string of the molecule is CCCCCCCCCCNNC(=O)O[C@H]1[C@H](O[C@@H]2[C@@H](C)[C@H](O[C@H]3C[C@@](C)(OC)[C@@H](OC(C)=O)[C@H](C)O3)[C@@H](C)C(=O)O[C@@H](CC)[C@@](C)(O)[C@H](O)[C@H](C)/C(=N/OCCCC3CCCCC3)[C@H](C)CC2(C)O)O[C@H](C)C[C@@H]1N(C)C.